The Morgan fingerprint density at radius 1 is 0.417 bits per heavy atom. The Morgan fingerprint density at radius 3 is 1.35 bits per heavy atom. The number of hydrogen-bond acceptors (Lipinski definition) is 2. The summed E-state index contributed by atoms with van der Waals surface area (Å²) in [6.45, 7) is 26.0. The monoisotopic (exact) mass is 967 g/mol. The molecule has 72 heavy (non-hydrogen) atoms. The van der Waals surface area contributed by atoms with Crippen molar-refractivity contribution < 1.29 is 9.15 Å². The van der Waals surface area contributed by atoms with Crippen molar-refractivity contribution in [3.63, 3.8) is 0 Å². The van der Waals surface area contributed by atoms with Gasteiger partial charge in [-0.1, -0.05) is 178 Å². The van der Waals surface area contributed by atoms with Crippen LogP contribution in [0.3, 0.4) is 0 Å². The average Bonchev–Trinajstić information content (AvgIpc) is 3.77. The third-order valence-electron chi connectivity index (χ3n) is 16.1. The number of hydrogen-bond donors (Lipinski definition) is 0. The van der Waals surface area contributed by atoms with Crippen LogP contribution in [0.4, 0.5) is 22.7 Å². The van der Waals surface area contributed by atoms with E-state index in [1.807, 2.05) is 0 Å². The first-order valence-electron chi connectivity index (χ1n) is 29.1. The van der Waals surface area contributed by atoms with Crippen LogP contribution in [0.2, 0.25) is 0 Å². The van der Waals surface area contributed by atoms with Crippen molar-refractivity contribution in [2.45, 2.75) is 195 Å². The summed E-state index contributed by atoms with van der Waals surface area (Å²) in [6.07, 6.45) is 32.5. The van der Waals surface area contributed by atoms with Gasteiger partial charge in [-0.15, -0.1) is 9.15 Å². The lowest BCUT2D eigenvalue weighted by molar-refractivity contribution is -0.706. The first-order chi connectivity index (χ1) is 35.1. The maximum absolute atomic E-state index is 2.75. The highest BCUT2D eigenvalue weighted by molar-refractivity contribution is 6.09. The quantitative estimate of drug-likeness (QED) is 0.0336. The van der Waals surface area contributed by atoms with E-state index in [4.69, 9.17) is 0 Å². The van der Waals surface area contributed by atoms with Gasteiger partial charge >= 0.3 is 6.17 Å². The first-order valence-corrected chi connectivity index (χ1v) is 29.1. The zero-order valence-corrected chi connectivity index (χ0v) is 46.6. The molecular formula is C68H94N4+2. The summed E-state index contributed by atoms with van der Waals surface area (Å²) < 4.78 is 5.48. The Kier molecular flexibility index (Phi) is 20.2. The van der Waals surface area contributed by atoms with Gasteiger partial charge in [0.05, 0.1) is 17.3 Å². The summed E-state index contributed by atoms with van der Waals surface area (Å²) in [7, 11) is 0. The molecule has 4 nitrogen and oxygen atoms in total. The topological polar surface area (TPSA) is 12.5 Å². The molecule has 5 aromatic rings. The van der Waals surface area contributed by atoms with Crippen LogP contribution in [0.15, 0.2) is 121 Å². The lowest BCUT2D eigenvalue weighted by atomic mass is 9.79. The highest BCUT2D eigenvalue weighted by Gasteiger charge is 2.55. The van der Waals surface area contributed by atoms with Gasteiger partial charge in [0.1, 0.15) is 0 Å². The molecule has 0 spiro atoms. The number of nitrogens with zero attached hydrogens (tertiary/aromatic N) is 4. The fourth-order valence-corrected chi connectivity index (χ4v) is 11.9. The molecule has 0 radical (unpaired) electrons. The first kappa shape index (κ1) is 54.6. The minimum atomic E-state index is -0.251. The van der Waals surface area contributed by atoms with E-state index in [-0.39, 0.29) is 17.0 Å². The van der Waals surface area contributed by atoms with Crippen molar-refractivity contribution in [1.82, 2.24) is 0 Å². The van der Waals surface area contributed by atoms with Gasteiger partial charge in [-0.2, -0.15) is 0 Å². The van der Waals surface area contributed by atoms with Crippen molar-refractivity contribution in [3.05, 3.63) is 144 Å². The van der Waals surface area contributed by atoms with Gasteiger partial charge in [-0.05, 0) is 124 Å². The summed E-state index contributed by atoms with van der Waals surface area (Å²) in [5.74, 6) is 0. The van der Waals surface area contributed by atoms with Crippen LogP contribution in [-0.4, -0.2) is 52.9 Å². The molecule has 384 valence electrons. The molecule has 0 N–H and O–H groups in total. The zero-order valence-electron chi connectivity index (χ0n) is 46.6. The molecule has 1 unspecified atom stereocenters. The number of fused-ring (bicyclic) bond motifs is 4. The van der Waals surface area contributed by atoms with Crippen LogP contribution in [0, 0.1) is 0 Å². The summed E-state index contributed by atoms with van der Waals surface area (Å²) in [5.41, 5.74) is 12.9. The maximum atomic E-state index is 2.75. The fourth-order valence-electron chi connectivity index (χ4n) is 11.9. The fraction of sp³-hybridized carbons (Fsp3) is 0.500. The van der Waals surface area contributed by atoms with E-state index in [1.165, 1.54) is 170 Å². The van der Waals surface area contributed by atoms with Gasteiger partial charge in [0.25, 0.3) is 0 Å². The predicted molar refractivity (Wildman–Crippen MR) is 317 cm³/mol. The van der Waals surface area contributed by atoms with Crippen LogP contribution >= 0.6 is 0 Å². The van der Waals surface area contributed by atoms with E-state index in [0.29, 0.717) is 0 Å². The molecule has 0 bridgehead atoms. The average molecular weight is 968 g/mol. The Morgan fingerprint density at radius 2 is 0.861 bits per heavy atom. The lowest BCUT2D eigenvalue weighted by Crippen LogP contribution is -2.40. The van der Waals surface area contributed by atoms with E-state index in [1.54, 1.807) is 0 Å². The SMILES string of the molecule is CCCCCCN(CCCCCC)c1ccc(/C=C/C2=[N+](C(CCC)[N+]3=C(/C=C/c4ccc(N(CCCCCC)CCCCCC)cc4)C(C)(C)c4c3ccc3ccccc43)c3ccccc3C2(C)C)cc1. The highest BCUT2D eigenvalue weighted by Crippen LogP contribution is 2.48. The normalized spacial score (nSPS) is 15.3. The Hall–Kier alpha value is -5.22. The summed E-state index contributed by atoms with van der Waals surface area (Å²) >= 11 is 0. The van der Waals surface area contributed by atoms with Gasteiger partial charge in [-0.3, -0.25) is 0 Å². The largest absolute Gasteiger partial charge is 0.372 e. The van der Waals surface area contributed by atoms with Crippen LogP contribution in [0.25, 0.3) is 22.9 Å². The number of anilines is 2. The minimum Gasteiger partial charge on any atom is -0.372 e. The predicted octanol–water partition coefficient (Wildman–Crippen LogP) is 18.8. The Bertz CT molecular complexity index is 2580. The molecule has 0 aromatic heterocycles. The summed E-state index contributed by atoms with van der Waals surface area (Å²) in [6, 6.07) is 42.0. The third kappa shape index (κ3) is 12.9. The van der Waals surface area contributed by atoms with E-state index >= 15 is 0 Å². The molecule has 0 amide bonds. The number of unbranched alkanes of at least 4 members (excludes halogenated alkanes) is 12. The highest BCUT2D eigenvalue weighted by atomic mass is 15.3. The molecule has 0 saturated heterocycles. The molecule has 0 aliphatic carbocycles. The lowest BCUT2D eigenvalue weighted by Gasteiger charge is -2.25. The molecule has 2 heterocycles. The second-order valence-corrected chi connectivity index (χ2v) is 22.3. The molecular weight excluding hydrogens is 873 g/mol. The third-order valence-corrected chi connectivity index (χ3v) is 16.1. The zero-order chi connectivity index (χ0) is 50.9. The second-order valence-electron chi connectivity index (χ2n) is 22.3. The molecule has 2 aliphatic heterocycles. The molecule has 4 heteroatoms. The van der Waals surface area contributed by atoms with Gasteiger partial charge in [0.2, 0.25) is 11.4 Å². The van der Waals surface area contributed by atoms with Crippen molar-refractivity contribution in [2.75, 3.05) is 36.0 Å². The van der Waals surface area contributed by atoms with E-state index in [9.17, 15) is 0 Å². The Balaban J connectivity index is 1.30. The summed E-state index contributed by atoms with van der Waals surface area (Å²) in [4.78, 5) is 5.30. The molecule has 7 rings (SSSR count). The van der Waals surface area contributed by atoms with Crippen molar-refractivity contribution in [2.24, 2.45) is 0 Å². The van der Waals surface area contributed by atoms with Gasteiger partial charge < -0.3 is 9.80 Å². The van der Waals surface area contributed by atoms with E-state index in [0.717, 1.165) is 39.0 Å². The van der Waals surface area contributed by atoms with E-state index < -0.39 is 0 Å². The van der Waals surface area contributed by atoms with Gasteiger partial charge in [-0.25, -0.2) is 0 Å². The second kappa shape index (κ2) is 26.6. The molecule has 2 aliphatic rings. The smallest absolute Gasteiger partial charge is 0.353 e. The molecule has 0 saturated carbocycles. The van der Waals surface area contributed by atoms with Gasteiger partial charge in [0.15, 0.2) is 11.4 Å². The number of allylic oxidation sites excluding steroid dienone is 2. The Labute approximate surface area is 438 Å². The van der Waals surface area contributed by atoms with Crippen molar-refractivity contribution >= 4 is 57.1 Å². The standard InChI is InChI=1S/C68H94N4/c1-10-15-19-27-50-69(51-28-20-16-11-2)57-43-36-54(37-44-57)40-48-63-67(6,7)60-34-25-26-35-61(60)71(63)65(31-14-5)72-62-47-42-56-32-23-24-33-59(56)66(62)68(8,9)64(72)49-41-55-38-45-58(46-39-55)70(52-29-21-17-12-3)53-30-22-18-13-4/h23-26,32-49,65H,10-22,27-31,50-53H2,1-9H3/q+2. The summed E-state index contributed by atoms with van der Waals surface area (Å²) in [5, 5.41) is 2.65. The van der Waals surface area contributed by atoms with Crippen LogP contribution in [-0.2, 0) is 10.8 Å². The minimum absolute atomic E-state index is 0.0478. The van der Waals surface area contributed by atoms with Crippen LogP contribution < -0.4 is 9.80 Å². The molecule has 0 fully saturated rings. The molecule has 5 aromatic carbocycles. The number of benzene rings is 5. The van der Waals surface area contributed by atoms with Crippen molar-refractivity contribution in [3.8, 4) is 0 Å². The van der Waals surface area contributed by atoms with Crippen molar-refractivity contribution in [1.29, 1.82) is 0 Å². The van der Waals surface area contributed by atoms with E-state index in [2.05, 4.69) is 215 Å². The number of para-hydroxylation sites is 1. The van der Waals surface area contributed by atoms with Gasteiger partial charge in [0, 0.05) is 73.0 Å². The molecule has 1 atom stereocenters. The number of rotatable bonds is 30. The maximum Gasteiger partial charge on any atom is 0.353 e. The van der Waals surface area contributed by atoms with Crippen LogP contribution in [0.5, 0.6) is 0 Å². The van der Waals surface area contributed by atoms with Crippen LogP contribution in [0.1, 0.15) is 200 Å².